The molecule has 0 spiro atoms. The summed E-state index contributed by atoms with van der Waals surface area (Å²) in [4.78, 5) is 16.3. The first-order valence-corrected chi connectivity index (χ1v) is 8.86. The van der Waals surface area contributed by atoms with E-state index in [0.29, 0.717) is 12.0 Å². The fraction of sp³-hybridized carbons (Fsp3) is 0.632. The van der Waals surface area contributed by atoms with E-state index in [9.17, 15) is 9.90 Å². The number of aliphatic carboxylic acids is 1. The van der Waals surface area contributed by atoms with Gasteiger partial charge in [-0.1, -0.05) is 18.2 Å². The van der Waals surface area contributed by atoms with Crippen LogP contribution in [0.2, 0.25) is 0 Å². The summed E-state index contributed by atoms with van der Waals surface area (Å²) in [5.74, 6) is 0.0531. The van der Waals surface area contributed by atoms with E-state index in [2.05, 4.69) is 47.9 Å². The maximum atomic E-state index is 11.3. The first-order valence-electron chi connectivity index (χ1n) is 8.86. The Balaban J connectivity index is 1.79. The number of anilines is 1. The fourth-order valence-electron chi connectivity index (χ4n) is 3.79. The highest BCUT2D eigenvalue weighted by Gasteiger charge is 2.35. The van der Waals surface area contributed by atoms with E-state index >= 15 is 0 Å². The molecular weight excluding hydrogens is 288 g/mol. The van der Waals surface area contributed by atoms with Gasteiger partial charge in [-0.3, -0.25) is 9.69 Å². The van der Waals surface area contributed by atoms with Gasteiger partial charge >= 0.3 is 5.97 Å². The molecule has 1 unspecified atom stereocenters. The third-order valence-electron chi connectivity index (χ3n) is 5.31. The zero-order valence-corrected chi connectivity index (χ0v) is 14.2. The highest BCUT2D eigenvalue weighted by Crippen LogP contribution is 2.47. The monoisotopic (exact) mass is 316 g/mol. The summed E-state index contributed by atoms with van der Waals surface area (Å²) in [5.41, 5.74) is 2.50. The van der Waals surface area contributed by atoms with Crippen molar-refractivity contribution in [1.29, 1.82) is 0 Å². The highest BCUT2D eigenvalue weighted by molar-refractivity contribution is 5.69. The maximum absolute atomic E-state index is 11.3. The quantitative estimate of drug-likeness (QED) is 0.875. The first-order chi connectivity index (χ1) is 11.1. The molecular formula is C19H28N2O2. The molecule has 1 atom stereocenters. The lowest BCUT2D eigenvalue weighted by Gasteiger charge is -2.39. The summed E-state index contributed by atoms with van der Waals surface area (Å²) in [6, 6.07) is 9.06. The molecule has 1 heterocycles. The Kier molecular flexibility index (Phi) is 4.90. The average molecular weight is 316 g/mol. The van der Waals surface area contributed by atoms with Crippen LogP contribution in [0.4, 0.5) is 5.69 Å². The zero-order valence-electron chi connectivity index (χ0n) is 14.2. The van der Waals surface area contributed by atoms with E-state index in [1.54, 1.807) is 0 Å². The van der Waals surface area contributed by atoms with Gasteiger partial charge in [-0.05, 0) is 50.2 Å². The summed E-state index contributed by atoms with van der Waals surface area (Å²) >= 11 is 0. The van der Waals surface area contributed by atoms with Gasteiger partial charge < -0.3 is 10.0 Å². The highest BCUT2D eigenvalue weighted by atomic mass is 16.4. The van der Waals surface area contributed by atoms with Crippen molar-refractivity contribution < 1.29 is 9.90 Å². The van der Waals surface area contributed by atoms with Crippen molar-refractivity contribution in [3.63, 3.8) is 0 Å². The number of piperazine rings is 1. The smallest absolute Gasteiger partial charge is 0.303 e. The predicted octanol–water partition coefficient (Wildman–Crippen LogP) is 3.19. The van der Waals surface area contributed by atoms with E-state index in [1.807, 2.05) is 0 Å². The lowest BCUT2D eigenvalue weighted by Crippen LogP contribution is -2.49. The standard InChI is InChI=1S/C19H28N2O2/c1-14(2)20-9-11-21(12-10-20)18-6-4-3-5-16(18)17(13-19(22)23)15-7-8-15/h3-6,14-15,17H,7-13H2,1-2H3,(H,22,23). The molecule has 2 fully saturated rings. The Morgan fingerprint density at radius 2 is 1.83 bits per heavy atom. The number of carboxylic acid groups (broad SMARTS) is 1. The van der Waals surface area contributed by atoms with Gasteiger partial charge in [0, 0.05) is 37.9 Å². The van der Waals surface area contributed by atoms with E-state index in [0.717, 1.165) is 26.2 Å². The molecule has 1 aromatic carbocycles. The fourth-order valence-corrected chi connectivity index (χ4v) is 3.79. The van der Waals surface area contributed by atoms with Gasteiger partial charge in [-0.25, -0.2) is 0 Å². The molecule has 4 heteroatoms. The molecule has 1 aromatic rings. The van der Waals surface area contributed by atoms with Crippen LogP contribution in [0.15, 0.2) is 24.3 Å². The second-order valence-corrected chi connectivity index (χ2v) is 7.22. The van der Waals surface area contributed by atoms with Crippen molar-refractivity contribution in [3.8, 4) is 0 Å². The molecule has 3 rings (SSSR count). The van der Waals surface area contributed by atoms with E-state index in [1.165, 1.54) is 24.1 Å². The van der Waals surface area contributed by atoms with Gasteiger partial charge in [-0.2, -0.15) is 0 Å². The second kappa shape index (κ2) is 6.91. The van der Waals surface area contributed by atoms with Gasteiger partial charge in [0.25, 0.3) is 0 Å². The van der Waals surface area contributed by atoms with Crippen molar-refractivity contribution in [2.75, 3.05) is 31.1 Å². The summed E-state index contributed by atoms with van der Waals surface area (Å²) in [6.07, 6.45) is 2.61. The number of nitrogens with zero attached hydrogens (tertiary/aromatic N) is 2. The Morgan fingerprint density at radius 1 is 1.17 bits per heavy atom. The number of para-hydroxylation sites is 1. The van der Waals surface area contributed by atoms with Crippen LogP contribution in [-0.2, 0) is 4.79 Å². The first kappa shape index (κ1) is 16.3. The zero-order chi connectivity index (χ0) is 16.4. The van der Waals surface area contributed by atoms with Gasteiger partial charge in [0.15, 0.2) is 0 Å². The van der Waals surface area contributed by atoms with E-state index in [4.69, 9.17) is 0 Å². The number of rotatable bonds is 6. The van der Waals surface area contributed by atoms with Crippen LogP contribution in [-0.4, -0.2) is 48.2 Å². The number of hydrogen-bond donors (Lipinski definition) is 1. The topological polar surface area (TPSA) is 43.8 Å². The lowest BCUT2D eigenvalue weighted by atomic mass is 9.89. The van der Waals surface area contributed by atoms with E-state index in [-0.39, 0.29) is 12.3 Å². The molecule has 4 nitrogen and oxygen atoms in total. The molecule has 2 aliphatic rings. The molecule has 1 saturated heterocycles. The van der Waals surface area contributed by atoms with Crippen molar-refractivity contribution in [2.45, 2.75) is 45.1 Å². The summed E-state index contributed by atoms with van der Waals surface area (Å²) in [6.45, 7) is 8.72. The molecule has 0 amide bonds. The molecule has 0 radical (unpaired) electrons. The van der Waals surface area contributed by atoms with Crippen LogP contribution in [0.5, 0.6) is 0 Å². The van der Waals surface area contributed by atoms with E-state index < -0.39 is 5.97 Å². The summed E-state index contributed by atoms with van der Waals surface area (Å²) in [7, 11) is 0. The molecule has 126 valence electrons. The molecule has 1 aliphatic carbocycles. The normalized spacial score (nSPS) is 20.7. The SMILES string of the molecule is CC(C)N1CCN(c2ccccc2C(CC(=O)O)C2CC2)CC1. The van der Waals surface area contributed by atoms with Crippen LogP contribution in [0.25, 0.3) is 0 Å². The molecule has 23 heavy (non-hydrogen) atoms. The molecule has 1 aliphatic heterocycles. The number of benzene rings is 1. The minimum absolute atomic E-state index is 0.173. The van der Waals surface area contributed by atoms with Crippen LogP contribution >= 0.6 is 0 Å². The van der Waals surface area contributed by atoms with Crippen molar-refractivity contribution in [3.05, 3.63) is 29.8 Å². The second-order valence-electron chi connectivity index (χ2n) is 7.22. The predicted molar refractivity (Wildman–Crippen MR) is 93.1 cm³/mol. The molecule has 0 aromatic heterocycles. The minimum atomic E-state index is -0.679. The third-order valence-corrected chi connectivity index (χ3v) is 5.31. The van der Waals surface area contributed by atoms with Crippen LogP contribution in [0, 0.1) is 5.92 Å². The maximum Gasteiger partial charge on any atom is 0.303 e. The Bertz CT molecular complexity index is 546. The average Bonchev–Trinajstić information content (AvgIpc) is 3.37. The number of carbonyl (C=O) groups is 1. The summed E-state index contributed by atoms with van der Waals surface area (Å²) in [5, 5.41) is 9.30. The Labute approximate surface area is 139 Å². The van der Waals surface area contributed by atoms with Gasteiger partial charge in [0.2, 0.25) is 0 Å². The molecule has 0 bridgehead atoms. The Morgan fingerprint density at radius 3 is 2.39 bits per heavy atom. The molecule has 1 N–H and O–H groups in total. The van der Waals surface area contributed by atoms with Crippen molar-refractivity contribution in [1.82, 2.24) is 4.90 Å². The van der Waals surface area contributed by atoms with Crippen LogP contribution in [0.3, 0.4) is 0 Å². The van der Waals surface area contributed by atoms with Gasteiger partial charge in [0.05, 0.1) is 6.42 Å². The van der Waals surface area contributed by atoms with Gasteiger partial charge in [-0.15, -0.1) is 0 Å². The molecule has 1 saturated carbocycles. The largest absolute Gasteiger partial charge is 0.481 e. The summed E-state index contributed by atoms with van der Waals surface area (Å²) < 4.78 is 0. The van der Waals surface area contributed by atoms with Crippen LogP contribution in [0.1, 0.15) is 44.6 Å². The van der Waals surface area contributed by atoms with Crippen molar-refractivity contribution in [2.24, 2.45) is 5.92 Å². The third kappa shape index (κ3) is 3.86. The minimum Gasteiger partial charge on any atom is -0.481 e. The number of carboxylic acids is 1. The number of hydrogen-bond acceptors (Lipinski definition) is 3. The lowest BCUT2D eigenvalue weighted by molar-refractivity contribution is -0.137. The van der Waals surface area contributed by atoms with Crippen LogP contribution < -0.4 is 4.90 Å². The van der Waals surface area contributed by atoms with Crippen molar-refractivity contribution >= 4 is 11.7 Å². The van der Waals surface area contributed by atoms with Gasteiger partial charge in [0.1, 0.15) is 0 Å². The Hall–Kier alpha value is -1.55.